The highest BCUT2D eigenvalue weighted by atomic mass is 35.5. The number of hydrogen-bond acceptors (Lipinski definition) is 2. The Labute approximate surface area is 123 Å². The average molecular weight is 316 g/mol. The molecule has 0 atom stereocenters. The van der Waals surface area contributed by atoms with Gasteiger partial charge in [-0.1, -0.05) is 11.6 Å². The van der Waals surface area contributed by atoms with Gasteiger partial charge in [-0.3, -0.25) is 0 Å². The summed E-state index contributed by atoms with van der Waals surface area (Å²) in [5.74, 6) is -4.55. The number of nitrogens with one attached hydrogen (secondary N) is 1. The fourth-order valence-corrected chi connectivity index (χ4v) is 1.96. The Morgan fingerprint density at radius 2 is 1.86 bits per heavy atom. The van der Waals surface area contributed by atoms with Crippen LogP contribution < -0.4 is 5.32 Å². The van der Waals surface area contributed by atoms with Gasteiger partial charge in [0.15, 0.2) is 5.82 Å². The van der Waals surface area contributed by atoms with Crippen molar-refractivity contribution in [1.82, 2.24) is 0 Å². The minimum atomic E-state index is -1.60. The number of aryl methyl sites for hydroxylation is 1. The normalized spacial score (nSPS) is 10.5. The molecule has 0 unspecified atom stereocenters. The zero-order valence-corrected chi connectivity index (χ0v) is 11.4. The minimum absolute atomic E-state index is 0.309. The van der Waals surface area contributed by atoms with E-state index in [0.29, 0.717) is 11.3 Å². The third-order valence-electron chi connectivity index (χ3n) is 2.83. The summed E-state index contributed by atoms with van der Waals surface area (Å²) in [5.41, 5.74) is -0.330. The Hall–Kier alpha value is -2.21. The van der Waals surface area contributed by atoms with Gasteiger partial charge in [-0.05, 0) is 36.8 Å². The molecular formula is C14H9ClF3NO2. The molecule has 0 radical (unpaired) electrons. The zero-order valence-electron chi connectivity index (χ0n) is 10.7. The van der Waals surface area contributed by atoms with E-state index in [-0.39, 0.29) is 5.69 Å². The van der Waals surface area contributed by atoms with Gasteiger partial charge in [0.25, 0.3) is 0 Å². The summed E-state index contributed by atoms with van der Waals surface area (Å²) in [6.45, 7) is 1.56. The second kappa shape index (κ2) is 5.65. The third-order valence-corrected chi connectivity index (χ3v) is 3.18. The first-order valence-corrected chi connectivity index (χ1v) is 6.13. The molecule has 0 aliphatic rings. The van der Waals surface area contributed by atoms with E-state index < -0.39 is 34.0 Å². The van der Waals surface area contributed by atoms with Crippen LogP contribution >= 0.6 is 11.6 Å². The van der Waals surface area contributed by atoms with Crippen molar-refractivity contribution in [2.24, 2.45) is 0 Å². The molecule has 0 saturated heterocycles. The fourth-order valence-electron chi connectivity index (χ4n) is 1.82. The first-order chi connectivity index (χ1) is 9.81. The molecule has 3 nitrogen and oxygen atoms in total. The molecule has 0 aliphatic heterocycles. The van der Waals surface area contributed by atoms with E-state index in [1.165, 1.54) is 12.1 Å². The SMILES string of the molecule is Cc1cc(F)ccc1Nc1cc(F)c(Cl)c(F)c1C(=O)O. The van der Waals surface area contributed by atoms with E-state index in [2.05, 4.69) is 5.32 Å². The molecule has 0 aromatic heterocycles. The molecule has 0 amide bonds. The maximum absolute atomic E-state index is 13.8. The molecule has 0 aliphatic carbocycles. The number of anilines is 2. The number of halogens is 4. The topological polar surface area (TPSA) is 49.3 Å². The highest BCUT2D eigenvalue weighted by Gasteiger charge is 2.22. The molecule has 7 heteroatoms. The molecule has 0 saturated carbocycles. The summed E-state index contributed by atoms with van der Waals surface area (Å²) >= 11 is 5.36. The van der Waals surface area contributed by atoms with Crippen molar-refractivity contribution < 1.29 is 23.1 Å². The predicted octanol–water partition coefficient (Wildman–Crippen LogP) is 4.51. The van der Waals surface area contributed by atoms with Gasteiger partial charge in [0.1, 0.15) is 22.2 Å². The molecule has 2 aromatic rings. The first-order valence-electron chi connectivity index (χ1n) is 5.75. The number of carboxylic acids is 1. The van der Waals surface area contributed by atoms with Crippen molar-refractivity contribution in [2.75, 3.05) is 5.32 Å². The van der Waals surface area contributed by atoms with Crippen molar-refractivity contribution in [2.45, 2.75) is 6.92 Å². The monoisotopic (exact) mass is 315 g/mol. The van der Waals surface area contributed by atoms with Crippen molar-refractivity contribution in [3.8, 4) is 0 Å². The van der Waals surface area contributed by atoms with Crippen LogP contribution in [0.2, 0.25) is 5.02 Å². The Morgan fingerprint density at radius 3 is 2.43 bits per heavy atom. The summed E-state index contributed by atoms with van der Waals surface area (Å²) < 4.78 is 40.3. The second-order valence-electron chi connectivity index (χ2n) is 4.30. The minimum Gasteiger partial charge on any atom is -0.478 e. The fraction of sp³-hybridized carbons (Fsp3) is 0.0714. The highest BCUT2D eigenvalue weighted by Crippen LogP contribution is 2.31. The lowest BCUT2D eigenvalue weighted by atomic mass is 10.1. The van der Waals surface area contributed by atoms with Crippen LogP contribution in [0.5, 0.6) is 0 Å². The second-order valence-corrected chi connectivity index (χ2v) is 4.68. The van der Waals surface area contributed by atoms with Crippen molar-refractivity contribution in [3.63, 3.8) is 0 Å². The van der Waals surface area contributed by atoms with Crippen molar-refractivity contribution in [1.29, 1.82) is 0 Å². The van der Waals surface area contributed by atoms with Crippen LogP contribution in [0.1, 0.15) is 15.9 Å². The smallest absolute Gasteiger partial charge is 0.340 e. The van der Waals surface area contributed by atoms with Gasteiger partial charge in [0, 0.05) is 5.69 Å². The van der Waals surface area contributed by atoms with E-state index in [1.54, 1.807) is 6.92 Å². The van der Waals surface area contributed by atoms with Gasteiger partial charge in [0.2, 0.25) is 0 Å². The van der Waals surface area contributed by atoms with Crippen LogP contribution in [0.15, 0.2) is 24.3 Å². The van der Waals surface area contributed by atoms with Gasteiger partial charge in [0.05, 0.1) is 5.69 Å². The first kappa shape index (κ1) is 15.2. The van der Waals surface area contributed by atoms with Crippen LogP contribution in [0.25, 0.3) is 0 Å². The third kappa shape index (κ3) is 2.95. The van der Waals surface area contributed by atoms with Crippen LogP contribution in [-0.2, 0) is 0 Å². The van der Waals surface area contributed by atoms with Crippen LogP contribution in [-0.4, -0.2) is 11.1 Å². The summed E-state index contributed by atoms with van der Waals surface area (Å²) in [5, 5.41) is 10.7. The lowest BCUT2D eigenvalue weighted by molar-refractivity contribution is 0.0693. The Balaban J connectivity index is 2.56. The maximum atomic E-state index is 13.8. The Bertz CT molecular complexity index is 735. The maximum Gasteiger partial charge on any atom is 0.340 e. The van der Waals surface area contributed by atoms with Crippen LogP contribution in [0, 0.1) is 24.4 Å². The van der Waals surface area contributed by atoms with E-state index >= 15 is 0 Å². The lowest BCUT2D eigenvalue weighted by Crippen LogP contribution is -2.08. The molecule has 2 rings (SSSR count). The largest absolute Gasteiger partial charge is 0.478 e. The highest BCUT2D eigenvalue weighted by molar-refractivity contribution is 6.31. The van der Waals surface area contributed by atoms with Crippen molar-refractivity contribution >= 4 is 28.9 Å². The standard InChI is InChI=1S/C14H9ClF3NO2/c1-6-4-7(16)2-3-9(6)19-10-5-8(17)12(15)13(18)11(10)14(20)21/h2-5,19H,1H3,(H,20,21). The molecule has 0 fully saturated rings. The molecule has 2 aromatic carbocycles. The predicted molar refractivity (Wildman–Crippen MR) is 72.7 cm³/mol. The number of carboxylic acid groups (broad SMARTS) is 1. The molecule has 21 heavy (non-hydrogen) atoms. The molecule has 2 N–H and O–H groups in total. The van der Waals surface area contributed by atoms with E-state index in [1.807, 2.05) is 0 Å². The number of benzene rings is 2. The quantitative estimate of drug-likeness (QED) is 0.819. The number of carbonyl (C=O) groups is 1. The van der Waals surface area contributed by atoms with Crippen LogP contribution in [0.4, 0.5) is 24.5 Å². The molecule has 0 bridgehead atoms. The lowest BCUT2D eigenvalue weighted by Gasteiger charge is -2.13. The summed E-state index contributed by atoms with van der Waals surface area (Å²) in [7, 11) is 0. The number of rotatable bonds is 3. The number of hydrogen-bond donors (Lipinski definition) is 2. The molecular weight excluding hydrogens is 307 g/mol. The van der Waals surface area contributed by atoms with E-state index in [4.69, 9.17) is 16.7 Å². The van der Waals surface area contributed by atoms with Gasteiger partial charge in [-0.25, -0.2) is 18.0 Å². The van der Waals surface area contributed by atoms with Gasteiger partial charge in [-0.15, -0.1) is 0 Å². The van der Waals surface area contributed by atoms with Crippen LogP contribution in [0.3, 0.4) is 0 Å². The van der Waals surface area contributed by atoms with E-state index in [9.17, 15) is 18.0 Å². The Morgan fingerprint density at radius 1 is 1.19 bits per heavy atom. The average Bonchev–Trinajstić information content (AvgIpc) is 2.39. The zero-order chi connectivity index (χ0) is 15.7. The summed E-state index contributed by atoms with van der Waals surface area (Å²) in [6, 6.07) is 4.45. The molecule has 110 valence electrons. The van der Waals surface area contributed by atoms with Gasteiger partial charge in [-0.2, -0.15) is 0 Å². The van der Waals surface area contributed by atoms with E-state index in [0.717, 1.165) is 12.1 Å². The van der Waals surface area contributed by atoms with Crippen molar-refractivity contribution in [3.05, 3.63) is 57.9 Å². The number of aromatic carboxylic acids is 1. The Kier molecular flexibility index (Phi) is 4.09. The molecule has 0 heterocycles. The summed E-state index contributed by atoms with van der Waals surface area (Å²) in [6.07, 6.45) is 0. The van der Waals surface area contributed by atoms with Gasteiger partial charge >= 0.3 is 5.97 Å². The molecule has 0 spiro atoms. The summed E-state index contributed by atoms with van der Waals surface area (Å²) in [4.78, 5) is 11.1. The van der Waals surface area contributed by atoms with Gasteiger partial charge < -0.3 is 10.4 Å².